The molecule has 3 atom stereocenters. The van der Waals surface area contributed by atoms with Crippen LogP contribution in [-0.4, -0.2) is 26.4 Å². The van der Waals surface area contributed by atoms with Crippen molar-refractivity contribution < 1.29 is 9.47 Å². The summed E-state index contributed by atoms with van der Waals surface area (Å²) in [5.74, 6) is 0.921. The third-order valence-corrected chi connectivity index (χ3v) is 4.04. The topological polar surface area (TPSA) is 30.5 Å². The summed E-state index contributed by atoms with van der Waals surface area (Å²) in [7, 11) is 3.53. The number of ether oxygens (including phenoxy) is 2. The maximum absolute atomic E-state index is 5.49. The lowest BCUT2D eigenvalue weighted by Crippen LogP contribution is -2.38. The van der Waals surface area contributed by atoms with E-state index in [1.807, 2.05) is 19.2 Å². The molecule has 0 radical (unpaired) electrons. The van der Waals surface area contributed by atoms with E-state index in [0.717, 1.165) is 12.2 Å². The molecule has 2 unspecified atom stereocenters. The average molecular weight is 263 g/mol. The summed E-state index contributed by atoms with van der Waals surface area (Å²) in [6.07, 6.45) is 5.23. The highest BCUT2D eigenvalue weighted by molar-refractivity contribution is 5.30. The summed E-state index contributed by atoms with van der Waals surface area (Å²) in [4.78, 5) is 0. The van der Waals surface area contributed by atoms with Gasteiger partial charge in [0.05, 0.1) is 13.2 Å². The van der Waals surface area contributed by atoms with E-state index in [9.17, 15) is 0 Å². The molecular weight excluding hydrogens is 238 g/mol. The van der Waals surface area contributed by atoms with Gasteiger partial charge in [-0.1, -0.05) is 12.1 Å². The van der Waals surface area contributed by atoms with Crippen molar-refractivity contribution in [2.45, 2.75) is 50.8 Å². The monoisotopic (exact) mass is 263 g/mol. The Kier molecular flexibility index (Phi) is 5.23. The van der Waals surface area contributed by atoms with Gasteiger partial charge in [0, 0.05) is 19.2 Å². The van der Waals surface area contributed by atoms with Crippen LogP contribution in [0.15, 0.2) is 24.3 Å². The molecule has 3 heteroatoms. The van der Waals surface area contributed by atoms with Crippen LogP contribution in [0.3, 0.4) is 0 Å². The van der Waals surface area contributed by atoms with Crippen LogP contribution in [0.1, 0.15) is 44.2 Å². The van der Waals surface area contributed by atoms with Crippen LogP contribution in [0.5, 0.6) is 5.75 Å². The van der Waals surface area contributed by atoms with Gasteiger partial charge in [-0.15, -0.1) is 0 Å². The normalized spacial score (nSPS) is 25.0. The van der Waals surface area contributed by atoms with Crippen molar-refractivity contribution in [3.63, 3.8) is 0 Å². The van der Waals surface area contributed by atoms with E-state index in [0.29, 0.717) is 18.2 Å². The highest BCUT2D eigenvalue weighted by atomic mass is 16.5. The summed E-state index contributed by atoms with van der Waals surface area (Å²) >= 11 is 0. The Hall–Kier alpha value is -1.06. The summed E-state index contributed by atoms with van der Waals surface area (Å²) < 4.78 is 10.8. The Morgan fingerprint density at radius 1 is 1.26 bits per heavy atom. The Balaban J connectivity index is 1.94. The van der Waals surface area contributed by atoms with Gasteiger partial charge >= 0.3 is 0 Å². The summed E-state index contributed by atoms with van der Waals surface area (Å²) in [5, 5.41) is 3.72. The molecule has 0 bridgehead atoms. The molecule has 0 spiro atoms. The van der Waals surface area contributed by atoms with E-state index in [1.165, 1.54) is 24.8 Å². The maximum Gasteiger partial charge on any atom is 0.119 e. The zero-order valence-electron chi connectivity index (χ0n) is 12.2. The molecule has 1 aromatic rings. The summed E-state index contributed by atoms with van der Waals surface area (Å²) in [6, 6.07) is 9.18. The number of hydrogen-bond donors (Lipinski definition) is 1. The van der Waals surface area contributed by atoms with Gasteiger partial charge in [-0.25, -0.2) is 0 Å². The highest BCUT2D eigenvalue weighted by Crippen LogP contribution is 2.24. The molecule has 0 amide bonds. The lowest BCUT2D eigenvalue weighted by Gasteiger charge is -2.31. The quantitative estimate of drug-likeness (QED) is 0.884. The zero-order valence-corrected chi connectivity index (χ0v) is 12.2. The first-order chi connectivity index (χ1) is 9.22. The van der Waals surface area contributed by atoms with Gasteiger partial charge in [0.1, 0.15) is 5.75 Å². The minimum absolute atomic E-state index is 0.343. The van der Waals surface area contributed by atoms with E-state index in [4.69, 9.17) is 9.47 Å². The second-order valence-corrected chi connectivity index (χ2v) is 5.39. The van der Waals surface area contributed by atoms with Gasteiger partial charge in [-0.2, -0.15) is 0 Å². The molecule has 19 heavy (non-hydrogen) atoms. The van der Waals surface area contributed by atoms with Crippen molar-refractivity contribution in [3.8, 4) is 5.75 Å². The molecule has 1 aliphatic rings. The Bertz CT molecular complexity index is 394. The fourth-order valence-corrected chi connectivity index (χ4v) is 2.87. The predicted molar refractivity (Wildman–Crippen MR) is 77.6 cm³/mol. The van der Waals surface area contributed by atoms with E-state index < -0.39 is 0 Å². The fourth-order valence-electron chi connectivity index (χ4n) is 2.87. The smallest absolute Gasteiger partial charge is 0.119 e. The molecule has 0 heterocycles. The molecule has 0 saturated heterocycles. The van der Waals surface area contributed by atoms with Gasteiger partial charge < -0.3 is 14.8 Å². The Morgan fingerprint density at radius 3 is 2.84 bits per heavy atom. The molecule has 106 valence electrons. The molecule has 2 rings (SSSR count). The molecule has 1 fully saturated rings. The second-order valence-electron chi connectivity index (χ2n) is 5.39. The SMILES string of the molecule is COc1cccc([C@@H](C)NC2CCCC(OC)C2)c1. The van der Waals surface area contributed by atoms with Crippen LogP contribution in [0.2, 0.25) is 0 Å². The lowest BCUT2D eigenvalue weighted by molar-refractivity contribution is 0.0572. The standard InChI is InChI=1S/C16H25NO2/c1-12(13-6-4-8-15(10-13)18-2)17-14-7-5-9-16(11-14)19-3/h4,6,8,10,12,14,16-17H,5,7,9,11H2,1-3H3/t12-,14?,16?/m1/s1. The first-order valence-corrected chi connectivity index (χ1v) is 7.15. The van der Waals surface area contributed by atoms with Crippen molar-refractivity contribution in [3.05, 3.63) is 29.8 Å². The van der Waals surface area contributed by atoms with Crippen molar-refractivity contribution in [2.24, 2.45) is 0 Å². The first-order valence-electron chi connectivity index (χ1n) is 7.15. The van der Waals surface area contributed by atoms with E-state index in [2.05, 4.69) is 24.4 Å². The lowest BCUT2D eigenvalue weighted by atomic mass is 9.92. The van der Waals surface area contributed by atoms with Crippen LogP contribution in [0.4, 0.5) is 0 Å². The number of nitrogens with one attached hydrogen (secondary N) is 1. The largest absolute Gasteiger partial charge is 0.497 e. The zero-order chi connectivity index (χ0) is 13.7. The van der Waals surface area contributed by atoms with Crippen LogP contribution in [0, 0.1) is 0 Å². The third kappa shape index (κ3) is 3.95. The van der Waals surface area contributed by atoms with E-state index in [1.54, 1.807) is 7.11 Å². The molecule has 1 aliphatic carbocycles. The van der Waals surface area contributed by atoms with Gasteiger partial charge in [0.2, 0.25) is 0 Å². The number of rotatable bonds is 5. The Labute approximate surface area is 116 Å². The van der Waals surface area contributed by atoms with Crippen molar-refractivity contribution in [1.29, 1.82) is 0 Å². The molecular formula is C16H25NO2. The highest BCUT2D eigenvalue weighted by Gasteiger charge is 2.23. The Morgan fingerprint density at radius 2 is 2.11 bits per heavy atom. The van der Waals surface area contributed by atoms with Crippen molar-refractivity contribution in [2.75, 3.05) is 14.2 Å². The van der Waals surface area contributed by atoms with Crippen LogP contribution in [-0.2, 0) is 4.74 Å². The molecule has 0 aliphatic heterocycles. The molecule has 1 aromatic carbocycles. The van der Waals surface area contributed by atoms with Crippen molar-refractivity contribution in [1.82, 2.24) is 5.32 Å². The summed E-state index contributed by atoms with van der Waals surface area (Å²) in [6.45, 7) is 2.21. The molecule has 1 N–H and O–H groups in total. The van der Waals surface area contributed by atoms with Crippen molar-refractivity contribution >= 4 is 0 Å². The van der Waals surface area contributed by atoms with Crippen LogP contribution >= 0.6 is 0 Å². The minimum atomic E-state index is 0.343. The second kappa shape index (κ2) is 6.92. The maximum atomic E-state index is 5.49. The van der Waals surface area contributed by atoms with Gasteiger partial charge in [-0.3, -0.25) is 0 Å². The van der Waals surface area contributed by atoms with E-state index in [-0.39, 0.29) is 0 Å². The van der Waals surface area contributed by atoms with Crippen LogP contribution < -0.4 is 10.1 Å². The summed E-state index contributed by atoms with van der Waals surface area (Å²) in [5.41, 5.74) is 1.28. The number of hydrogen-bond acceptors (Lipinski definition) is 3. The van der Waals surface area contributed by atoms with Crippen LogP contribution in [0.25, 0.3) is 0 Å². The van der Waals surface area contributed by atoms with Gasteiger partial charge in [0.25, 0.3) is 0 Å². The van der Waals surface area contributed by atoms with Gasteiger partial charge in [-0.05, 0) is 50.3 Å². The molecule has 3 nitrogen and oxygen atoms in total. The number of benzene rings is 1. The fraction of sp³-hybridized carbons (Fsp3) is 0.625. The van der Waals surface area contributed by atoms with E-state index >= 15 is 0 Å². The molecule has 1 saturated carbocycles. The molecule has 0 aromatic heterocycles. The predicted octanol–water partition coefficient (Wildman–Crippen LogP) is 3.30. The van der Waals surface area contributed by atoms with Gasteiger partial charge in [0.15, 0.2) is 0 Å². The third-order valence-electron chi connectivity index (χ3n) is 4.04. The first kappa shape index (κ1) is 14.4. The average Bonchev–Trinajstić information content (AvgIpc) is 2.47. The minimum Gasteiger partial charge on any atom is -0.497 e. The number of methoxy groups -OCH3 is 2.